The normalized spacial score (nSPS) is 20.1. The Kier molecular flexibility index (Phi) is 3.75. The fourth-order valence-corrected chi connectivity index (χ4v) is 3.53. The van der Waals surface area contributed by atoms with E-state index in [1.165, 1.54) is 12.1 Å². The number of nitrogens with zero attached hydrogens (tertiary/aromatic N) is 1. The summed E-state index contributed by atoms with van der Waals surface area (Å²) < 4.78 is 6.13. The molecule has 1 N–H and O–H groups in total. The second-order valence-electron chi connectivity index (χ2n) is 5.62. The largest absolute Gasteiger partial charge is 0.478 e. The van der Waals surface area contributed by atoms with Crippen LogP contribution < -0.4 is 0 Å². The first kappa shape index (κ1) is 14.5. The lowest BCUT2D eigenvalue weighted by Gasteiger charge is -2.52. The summed E-state index contributed by atoms with van der Waals surface area (Å²) in [7, 11) is 0. The maximum atomic E-state index is 12.8. The molecular weight excluding hydrogens is 338 g/mol. The van der Waals surface area contributed by atoms with Crippen molar-refractivity contribution in [2.75, 3.05) is 19.8 Å². The van der Waals surface area contributed by atoms with Gasteiger partial charge in [0, 0.05) is 16.6 Å². The minimum absolute atomic E-state index is 0.109. The van der Waals surface area contributed by atoms with E-state index in [2.05, 4.69) is 15.9 Å². The number of carboxylic acid groups (broad SMARTS) is 1. The summed E-state index contributed by atoms with van der Waals surface area (Å²) in [6.07, 6.45) is 3.02. The zero-order valence-electron chi connectivity index (χ0n) is 11.5. The van der Waals surface area contributed by atoms with Crippen LogP contribution in [0.15, 0.2) is 22.7 Å². The zero-order chi connectivity index (χ0) is 15.0. The first-order valence-electron chi connectivity index (χ1n) is 6.95. The number of morpholine rings is 1. The fraction of sp³-hybridized carbons (Fsp3) is 0.467. The molecule has 1 spiro atoms. The van der Waals surface area contributed by atoms with E-state index < -0.39 is 5.97 Å². The molecule has 21 heavy (non-hydrogen) atoms. The molecule has 2 aliphatic rings. The topological polar surface area (TPSA) is 66.8 Å². The van der Waals surface area contributed by atoms with Crippen molar-refractivity contribution in [1.82, 2.24) is 4.90 Å². The highest BCUT2D eigenvalue weighted by molar-refractivity contribution is 9.10. The average molecular weight is 354 g/mol. The minimum Gasteiger partial charge on any atom is -0.478 e. The number of carbonyl (C=O) groups excluding carboxylic acids is 1. The van der Waals surface area contributed by atoms with E-state index >= 15 is 0 Å². The summed E-state index contributed by atoms with van der Waals surface area (Å²) in [4.78, 5) is 25.8. The van der Waals surface area contributed by atoms with E-state index in [-0.39, 0.29) is 17.0 Å². The van der Waals surface area contributed by atoms with Crippen LogP contribution in [-0.2, 0) is 4.74 Å². The molecular formula is C15H16BrNO4. The van der Waals surface area contributed by atoms with Gasteiger partial charge in [0.15, 0.2) is 0 Å². The molecule has 112 valence electrons. The summed E-state index contributed by atoms with van der Waals surface area (Å²) in [5, 5.41) is 9.12. The predicted octanol–water partition coefficient (Wildman–Crippen LogP) is 2.54. The molecule has 1 amide bonds. The van der Waals surface area contributed by atoms with Gasteiger partial charge in [0.25, 0.3) is 5.91 Å². The maximum Gasteiger partial charge on any atom is 0.335 e. The second-order valence-corrected chi connectivity index (χ2v) is 6.54. The lowest BCUT2D eigenvalue weighted by Crippen LogP contribution is -2.62. The maximum absolute atomic E-state index is 12.8. The number of carboxylic acids is 1. The van der Waals surface area contributed by atoms with Crippen LogP contribution in [0.5, 0.6) is 0 Å². The summed E-state index contributed by atoms with van der Waals surface area (Å²) in [6, 6.07) is 4.62. The Labute approximate surface area is 131 Å². The predicted molar refractivity (Wildman–Crippen MR) is 79.5 cm³/mol. The Bertz CT molecular complexity index is 597. The molecule has 1 saturated heterocycles. The van der Waals surface area contributed by atoms with Gasteiger partial charge in [-0.3, -0.25) is 4.79 Å². The Morgan fingerprint density at radius 2 is 1.95 bits per heavy atom. The summed E-state index contributed by atoms with van der Waals surface area (Å²) in [6.45, 7) is 1.68. The number of halogens is 1. The number of carbonyl (C=O) groups is 2. The summed E-state index contributed by atoms with van der Waals surface area (Å²) >= 11 is 3.27. The number of hydrogen-bond donors (Lipinski definition) is 1. The third-order valence-corrected chi connectivity index (χ3v) is 4.78. The highest BCUT2D eigenvalue weighted by Gasteiger charge is 2.47. The number of hydrogen-bond acceptors (Lipinski definition) is 3. The molecule has 1 aromatic rings. The molecule has 3 rings (SSSR count). The van der Waals surface area contributed by atoms with Gasteiger partial charge in [-0.05, 0) is 37.5 Å². The Morgan fingerprint density at radius 1 is 1.24 bits per heavy atom. The molecule has 0 unspecified atom stereocenters. The molecule has 0 bridgehead atoms. The Hall–Kier alpha value is -1.40. The number of ether oxygens (including phenoxy) is 1. The first-order valence-corrected chi connectivity index (χ1v) is 7.75. The van der Waals surface area contributed by atoms with Crippen molar-refractivity contribution < 1.29 is 19.4 Å². The molecule has 1 heterocycles. The van der Waals surface area contributed by atoms with Crippen molar-refractivity contribution in [2.45, 2.75) is 24.8 Å². The quantitative estimate of drug-likeness (QED) is 0.887. The van der Waals surface area contributed by atoms with Gasteiger partial charge in [-0.15, -0.1) is 0 Å². The van der Waals surface area contributed by atoms with Gasteiger partial charge in [-0.2, -0.15) is 0 Å². The van der Waals surface area contributed by atoms with Crippen LogP contribution in [0.25, 0.3) is 0 Å². The zero-order valence-corrected chi connectivity index (χ0v) is 13.1. The average Bonchev–Trinajstić information content (AvgIpc) is 2.44. The van der Waals surface area contributed by atoms with Gasteiger partial charge in [-0.25, -0.2) is 4.79 Å². The summed E-state index contributed by atoms with van der Waals surface area (Å²) in [5.41, 5.74) is 0.347. The minimum atomic E-state index is -1.04. The van der Waals surface area contributed by atoms with Crippen LogP contribution in [0.2, 0.25) is 0 Å². The first-order chi connectivity index (χ1) is 10.0. The highest BCUT2D eigenvalue weighted by Crippen LogP contribution is 2.40. The SMILES string of the molecule is O=C(O)c1cc(Br)cc(C(=O)N2CCOCC23CCC3)c1. The number of aromatic carboxylic acids is 1. The lowest BCUT2D eigenvalue weighted by molar-refractivity contribution is -0.0877. The van der Waals surface area contributed by atoms with Crippen LogP contribution >= 0.6 is 15.9 Å². The summed E-state index contributed by atoms with van der Waals surface area (Å²) in [5.74, 6) is -1.15. The van der Waals surface area contributed by atoms with Crippen molar-refractivity contribution in [2.24, 2.45) is 0 Å². The molecule has 1 saturated carbocycles. The molecule has 1 aliphatic heterocycles. The van der Waals surface area contributed by atoms with E-state index in [1.807, 2.05) is 4.90 Å². The molecule has 1 aliphatic carbocycles. The van der Waals surface area contributed by atoms with E-state index in [0.717, 1.165) is 19.3 Å². The Balaban J connectivity index is 1.92. The van der Waals surface area contributed by atoms with Crippen LogP contribution in [0.3, 0.4) is 0 Å². The number of rotatable bonds is 2. The van der Waals surface area contributed by atoms with E-state index in [1.54, 1.807) is 6.07 Å². The molecule has 0 aromatic heterocycles. The van der Waals surface area contributed by atoms with Crippen molar-refractivity contribution >= 4 is 27.8 Å². The number of amides is 1. The third-order valence-electron chi connectivity index (χ3n) is 4.32. The molecule has 6 heteroatoms. The van der Waals surface area contributed by atoms with Crippen LogP contribution in [0.4, 0.5) is 0 Å². The highest BCUT2D eigenvalue weighted by atomic mass is 79.9. The van der Waals surface area contributed by atoms with Crippen molar-refractivity contribution in [3.05, 3.63) is 33.8 Å². The van der Waals surface area contributed by atoms with E-state index in [9.17, 15) is 9.59 Å². The van der Waals surface area contributed by atoms with Crippen molar-refractivity contribution in [1.29, 1.82) is 0 Å². The Morgan fingerprint density at radius 3 is 2.57 bits per heavy atom. The molecule has 0 atom stereocenters. The molecule has 0 radical (unpaired) electrons. The molecule has 5 nitrogen and oxygen atoms in total. The van der Waals surface area contributed by atoms with Crippen LogP contribution in [0.1, 0.15) is 40.0 Å². The van der Waals surface area contributed by atoms with Crippen molar-refractivity contribution in [3.63, 3.8) is 0 Å². The third kappa shape index (κ3) is 2.58. The fourth-order valence-electron chi connectivity index (χ4n) is 3.04. The monoisotopic (exact) mass is 353 g/mol. The molecule has 2 fully saturated rings. The van der Waals surface area contributed by atoms with Gasteiger partial charge < -0.3 is 14.7 Å². The van der Waals surface area contributed by atoms with Gasteiger partial charge in [-0.1, -0.05) is 15.9 Å². The lowest BCUT2D eigenvalue weighted by atomic mass is 9.75. The van der Waals surface area contributed by atoms with Crippen LogP contribution in [0, 0.1) is 0 Å². The van der Waals surface area contributed by atoms with Gasteiger partial charge in [0.1, 0.15) is 0 Å². The smallest absolute Gasteiger partial charge is 0.335 e. The number of benzene rings is 1. The van der Waals surface area contributed by atoms with Crippen molar-refractivity contribution in [3.8, 4) is 0 Å². The van der Waals surface area contributed by atoms with Crippen LogP contribution in [-0.4, -0.2) is 47.2 Å². The van der Waals surface area contributed by atoms with Gasteiger partial charge in [0.2, 0.25) is 0 Å². The standard InChI is InChI=1S/C15H16BrNO4/c16-12-7-10(6-11(8-12)14(19)20)13(18)17-4-5-21-9-15(17)2-1-3-15/h6-8H,1-5,9H2,(H,19,20). The van der Waals surface area contributed by atoms with Gasteiger partial charge in [0.05, 0.1) is 24.3 Å². The second kappa shape index (κ2) is 5.42. The van der Waals surface area contributed by atoms with Gasteiger partial charge >= 0.3 is 5.97 Å². The van der Waals surface area contributed by atoms with E-state index in [4.69, 9.17) is 9.84 Å². The van der Waals surface area contributed by atoms with E-state index in [0.29, 0.717) is 29.8 Å². The molecule has 1 aromatic carbocycles.